The number of nitrogens with zero attached hydrogens (tertiary/aromatic N) is 3. The summed E-state index contributed by atoms with van der Waals surface area (Å²) in [5.74, 6) is -3.54. The van der Waals surface area contributed by atoms with Gasteiger partial charge in [0.1, 0.15) is 26.4 Å². The Bertz CT molecular complexity index is 1370. The average molecular weight is 633 g/mol. The SMILES string of the molecule is CCc1nc(C(=O)NC[C@]2(O)CC[C@@H](S(C)(=O)=O)C[C@H]2O)c(Cl)n1-c1ncc(CC(C)C(F)(F)F)cc1OC(F)F. The van der Waals surface area contributed by atoms with Crippen molar-refractivity contribution in [2.24, 2.45) is 5.92 Å². The summed E-state index contributed by atoms with van der Waals surface area (Å²) in [6.07, 6.45) is -4.61. The standard InChI is InChI=1S/C24H30ClF5N4O6S/c1-4-17-33-18(21(36)32-11-23(37)6-5-14(9-16(23)35)41(3,38)39)19(25)34(17)20-15(40-22(26)27)8-13(10-31-20)7-12(2)24(28,29)30/h8,10,12,14,16,22,35,37H,4-7,9,11H2,1-3H3,(H,32,36)/t12?,14-,16-,23-/m1/s1. The number of alkyl halides is 5. The van der Waals surface area contributed by atoms with Crippen LogP contribution >= 0.6 is 11.6 Å². The number of hydrogen-bond donors (Lipinski definition) is 3. The van der Waals surface area contributed by atoms with Crippen LogP contribution in [0.2, 0.25) is 5.15 Å². The monoisotopic (exact) mass is 632 g/mol. The number of imidazole rings is 1. The maximum Gasteiger partial charge on any atom is 0.391 e. The van der Waals surface area contributed by atoms with Gasteiger partial charge in [-0.2, -0.15) is 22.0 Å². The Morgan fingerprint density at radius 3 is 2.56 bits per heavy atom. The van der Waals surface area contributed by atoms with Crippen LogP contribution in [-0.4, -0.2) is 81.6 Å². The first-order chi connectivity index (χ1) is 18.9. The van der Waals surface area contributed by atoms with E-state index < -0.39 is 70.1 Å². The van der Waals surface area contributed by atoms with Crippen LogP contribution in [0.25, 0.3) is 5.82 Å². The predicted octanol–water partition coefficient (Wildman–Crippen LogP) is 3.24. The van der Waals surface area contributed by atoms with Crippen molar-refractivity contribution in [1.82, 2.24) is 19.9 Å². The fraction of sp³-hybridized carbons (Fsp3) is 0.625. The van der Waals surface area contributed by atoms with Gasteiger partial charge in [-0.3, -0.25) is 9.36 Å². The van der Waals surface area contributed by atoms with Crippen molar-refractivity contribution in [3.8, 4) is 11.6 Å². The Balaban J connectivity index is 1.89. The molecule has 3 rings (SSSR count). The topological polar surface area (TPSA) is 144 Å². The number of amides is 1. The van der Waals surface area contributed by atoms with E-state index in [0.717, 1.165) is 30.0 Å². The number of ether oxygens (including phenoxy) is 1. The highest BCUT2D eigenvalue weighted by molar-refractivity contribution is 7.91. The maximum atomic E-state index is 13.2. The third kappa shape index (κ3) is 7.64. The lowest BCUT2D eigenvalue weighted by atomic mass is 9.82. The first kappa shape index (κ1) is 32.9. The minimum absolute atomic E-state index is 0.0288. The number of rotatable bonds is 10. The van der Waals surface area contributed by atoms with Crippen molar-refractivity contribution in [3.63, 3.8) is 0 Å². The van der Waals surface area contributed by atoms with E-state index >= 15 is 0 Å². The van der Waals surface area contributed by atoms with Gasteiger partial charge in [0, 0.05) is 25.4 Å². The molecular formula is C24H30ClF5N4O6S. The van der Waals surface area contributed by atoms with E-state index in [1.54, 1.807) is 6.92 Å². The summed E-state index contributed by atoms with van der Waals surface area (Å²) in [5, 5.41) is 22.4. The number of carbonyl (C=O) groups is 1. The number of aromatic nitrogens is 3. The Morgan fingerprint density at radius 2 is 2.02 bits per heavy atom. The van der Waals surface area contributed by atoms with Crippen LogP contribution in [0.4, 0.5) is 22.0 Å². The summed E-state index contributed by atoms with van der Waals surface area (Å²) in [5.41, 5.74) is -2.24. The molecule has 0 aliphatic heterocycles. The minimum Gasteiger partial charge on any atom is -0.431 e. The normalized spacial score (nSPS) is 22.5. The summed E-state index contributed by atoms with van der Waals surface area (Å²) in [6.45, 7) is -1.28. The van der Waals surface area contributed by atoms with Gasteiger partial charge in [-0.1, -0.05) is 25.4 Å². The predicted molar refractivity (Wildman–Crippen MR) is 137 cm³/mol. The van der Waals surface area contributed by atoms with E-state index in [4.69, 9.17) is 11.6 Å². The molecule has 10 nitrogen and oxygen atoms in total. The fourth-order valence-electron chi connectivity index (χ4n) is 4.53. The second-order valence-electron chi connectivity index (χ2n) is 10.1. The van der Waals surface area contributed by atoms with Crippen molar-refractivity contribution in [2.45, 2.75) is 75.7 Å². The fourth-order valence-corrected chi connectivity index (χ4v) is 5.91. The Kier molecular flexibility index (Phi) is 9.93. The van der Waals surface area contributed by atoms with Gasteiger partial charge in [0.2, 0.25) is 0 Å². The zero-order chi connectivity index (χ0) is 30.9. The molecule has 0 spiro atoms. The van der Waals surface area contributed by atoms with Gasteiger partial charge < -0.3 is 20.3 Å². The molecule has 2 aromatic rings. The second-order valence-corrected chi connectivity index (χ2v) is 12.8. The zero-order valence-corrected chi connectivity index (χ0v) is 23.8. The van der Waals surface area contributed by atoms with E-state index in [9.17, 15) is 45.4 Å². The maximum absolute atomic E-state index is 13.2. The summed E-state index contributed by atoms with van der Waals surface area (Å²) >= 11 is 6.41. The van der Waals surface area contributed by atoms with Crippen molar-refractivity contribution >= 4 is 27.3 Å². The second kappa shape index (κ2) is 12.4. The highest BCUT2D eigenvalue weighted by Gasteiger charge is 2.44. The van der Waals surface area contributed by atoms with E-state index in [-0.39, 0.29) is 53.7 Å². The third-order valence-corrected chi connectivity index (χ3v) is 8.99. The lowest BCUT2D eigenvalue weighted by molar-refractivity contribution is -0.169. The molecule has 230 valence electrons. The van der Waals surface area contributed by atoms with Crippen LogP contribution in [0.1, 0.15) is 55.0 Å². The molecule has 4 atom stereocenters. The number of hydrogen-bond acceptors (Lipinski definition) is 8. The number of sulfone groups is 1. The highest BCUT2D eigenvalue weighted by Crippen LogP contribution is 2.34. The number of aryl methyl sites for hydroxylation is 1. The zero-order valence-electron chi connectivity index (χ0n) is 22.3. The van der Waals surface area contributed by atoms with E-state index in [1.807, 2.05) is 0 Å². The summed E-state index contributed by atoms with van der Waals surface area (Å²) in [6, 6.07) is 0.982. The van der Waals surface area contributed by atoms with E-state index in [1.165, 1.54) is 0 Å². The van der Waals surface area contributed by atoms with Gasteiger partial charge in [0.15, 0.2) is 17.3 Å². The molecule has 0 radical (unpaired) electrons. The first-order valence-corrected chi connectivity index (χ1v) is 14.9. The third-order valence-electron chi connectivity index (χ3n) is 7.01. The van der Waals surface area contributed by atoms with Crippen LogP contribution in [0, 0.1) is 5.92 Å². The minimum atomic E-state index is -4.52. The van der Waals surface area contributed by atoms with Crippen molar-refractivity contribution in [1.29, 1.82) is 0 Å². The number of halogens is 6. The smallest absolute Gasteiger partial charge is 0.391 e. The summed E-state index contributed by atoms with van der Waals surface area (Å²) in [4.78, 5) is 21.1. The molecule has 2 heterocycles. The number of aliphatic hydroxyl groups excluding tert-OH is 1. The molecule has 3 N–H and O–H groups in total. The summed E-state index contributed by atoms with van der Waals surface area (Å²) < 4.78 is 94.7. The van der Waals surface area contributed by atoms with Gasteiger partial charge in [-0.15, -0.1) is 0 Å². The molecule has 41 heavy (non-hydrogen) atoms. The average Bonchev–Trinajstić information content (AvgIpc) is 3.19. The number of carbonyl (C=O) groups excluding carboxylic acids is 1. The molecule has 1 fully saturated rings. The lowest BCUT2D eigenvalue weighted by Crippen LogP contribution is -2.56. The molecule has 17 heteroatoms. The number of aliphatic hydroxyl groups is 2. The van der Waals surface area contributed by atoms with E-state index in [0.29, 0.717) is 0 Å². The molecule has 1 unspecified atom stereocenters. The van der Waals surface area contributed by atoms with Crippen LogP contribution in [0.15, 0.2) is 12.3 Å². The first-order valence-electron chi connectivity index (χ1n) is 12.5. The van der Waals surface area contributed by atoms with Gasteiger partial charge >= 0.3 is 12.8 Å². The van der Waals surface area contributed by atoms with E-state index in [2.05, 4.69) is 20.0 Å². The molecule has 0 saturated heterocycles. The van der Waals surface area contributed by atoms with Gasteiger partial charge in [0.25, 0.3) is 5.91 Å². The molecule has 1 saturated carbocycles. The van der Waals surface area contributed by atoms with Crippen LogP contribution < -0.4 is 10.1 Å². The molecule has 1 amide bonds. The van der Waals surface area contributed by atoms with Crippen LogP contribution in [0.3, 0.4) is 0 Å². The van der Waals surface area contributed by atoms with Gasteiger partial charge in [-0.05, 0) is 37.3 Å². The van der Waals surface area contributed by atoms with Crippen molar-refractivity contribution < 1.29 is 50.1 Å². The molecule has 1 aliphatic rings. The van der Waals surface area contributed by atoms with Crippen molar-refractivity contribution in [2.75, 3.05) is 12.8 Å². The lowest BCUT2D eigenvalue weighted by Gasteiger charge is -2.39. The van der Waals surface area contributed by atoms with Crippen LogP contribution in [0.5, 0.6) is 5.75 Å². The molecule has 0 bridgehead atoms. The van der Waals surface area contributed by atoms with Crippen LogP contribution in [-0.2, 0) is 22.7 Å². The molecule has 0 aromatic carbocycles. The molecular weight excluding hydrogens is 603 g/mol. The number of nitrogens with one attached hydrogen (secondary N) is 1. The number of pyridine rings is 1. The Labute approximate surface area is 237 Å². The molecule has 1 aliphatic carbocycles. The summed E-state index contributed by atoms with van der Waals surface area (Å²) in [7, 11) is -3.45. The Hall–Kier alpha value is -2.56. The van der Waals surface area contributed by atoms with Gasteiger partial charge in [0.05, 0.1) is 17.3 Å². The highest BCUT2D eigenvalue weighted by atomic mass is 35.5. The quantitative estimate of drug-likeness (QED) is 0.339. The van der Waals surface area contributed by atoms with Gasteiger partial charge in [-0.25, -0.2) is 18.4 Å². The Morgan fingerprint density at radius 1 is 1.37 bits per heavy atom. The molecule has 2 aromatic heterocycles. The van der Waals surface area contributed by atoms with Crippen molar-refractivity contribution in [3.05, 3.63) is 34.5 Å². The largest absolute Gasteiger partial charge is 0.431 e.